The zero-order valence-corrected chi connectivity index (χ0v) is 47.4. The lowest BCUT2D eigenvalue weighted by Crippen LogP contribution is -2.30. The van der Waals surface area contributed by atoms with Gasteiger partial charge in [0.25, 0.3) is 0 Å². The first-order chi connectivity index (χ1) is 36.2. The number of hydrogen-bond donors (Lipinski definition) is 2. The summed E-state index contributed by atoms with van der Waals surface area (Å²) in [5, 5.41) is 9.81. The van der Waals surface area contributed by atoms with Crippen molar-refractivity contribution in [1.82, 2.24) is 0 Å². The molecule has 2 N–H and O–H groups in total. The second-order valence-corrected chi connectivity index (χ2v) is 20.1. The summed E-state index contributed by atoms with van der Waals surface area (Å²) in [6, 6.07) is 0. The lowest BCUT2D eigenvalue weighted by Gasteiger charge is -2.21. The van der Waals surface area contributed by atoms with E-state index in [1.165, 1.54) is 19.3 Å². The summed E-state index contributed by atoms with van der Waals surface area (Å²) in [4.78, 5) is 48.5. The predicted molar refractivity (Wildman–Crippen MR) is 307 cm³/mol. The first kappa shape index (κ1) is 70.1. The molecule has 0 amide bonds. The van der Waals surface area contributed by atoms with Crippen molar-refractivity contribution >= 4 is 25.7 Å². The van der Waals surface area contributed by atoms with Gasteiger partial charge in [0.1, 0.15) is 12.7 Å². The van der Waals surface area contributed by atoms with E-state index in [0.29, 0.717) is 19.3 Å². The molecule has 12 heteroatoms. The average Bonchev–Trinajstić information content (AvgIpc) is 3.39. The van der Waals surface area contributed by atoms with Gasteiger partial charge in [-0.2, -0.15) is 0 Å². The van der Waals surface area contributed by atoms with Gasteiger partial charge >= 0.3 is 25.7 Å². The number of allylic oxidation sites excluding steroid dienone is 18. The number of esters is 3. The molecule has 3 unspecified atom stereocenters. The summed E-state index contributed by atoms with van der Waals surface area (Å²) in [6.45, 7) is 4.31. The maximum Gasteiger partial charge on any atom is 0.472 e. The van der Waals surface area contributed by atoms with Crippen molar-refractivity contribution in [3.63, 3.8) is 0 Å². The highest BCUT2D eigenvalue weighted by atomic mass is 31.2. The molecule has 0 aromatic heterocycles. The van der Waals surface area contributed by atoms with Crippen LogP contribution < -0.4 is 0 Å². The van der Waals surface area contributed by atoms with Gasteiger partial charge in [-0.3, -0.25) is 23.4 Å². The summed E-state index contributed by atoms with van der Waals surface area (Å²) in [5.41, 5.74) is 0. The summed E-state index contributed by atoms with van der Waals surface area (Å²) in [6.07, 6.45) is 66.2. The van der Waals surface area contributed by atoms with Crippen LogP contribution in [0.1, 0.15) is 226 Å². The van der Waals surface area contributed by atoms with E-state index in [4.69, 9.17) is 23.3 Å². The number of aliphatic hydroxyl groups excluding tert-OH is 1. The Kier molecular flexibility index (Phi) is 52.5. The normalized spacial score (nSPS) is 14.2. The minimum atomic E-state index is -4.77. The van der Waals surface area contributed by atoms with Crippen molar-refractivity contribution < 1.29 is 52.2 Å². The molecule has 0 aliphatic rings. The van der Waals surface area contributed by atoms with Gasteiger partial charge in [0.05, 0.1) is 19.8 Å². The highest BCUT2D eigenvalue weighted by Crippen LogP contribution is 2.43. The molecule has 0 spiro atoms. The highest BCUT2D eigenvalue weighted by molar-refractivity contribution is 7.47. The van der Waals surface area contributed by atoms with Crippen LogP contribution in [-0.4, -0.2) is 66.5 Å². The maximum atomic E-state index is 12.9. The predicted octanol–water partition coefficient (Wildman–Crippen LogP) is 17.0. The molecule has 3 atom stereocenters. The van der Waals surface area contributed by atoms with E-state index in [1.54, 1.807) is 0 Å². The molecule has 0 saturated heterocycles. The van der Waals surface area contributed by atoms with Gasteiger partial charge in [0, 0.05) is 19.3 Å². The standard InChI is InChI=1S/C62H103O11P/c1-4-7-10-13-16-19-22-25-28-29-32-35-38-41-44-47-50-53-62(66)73-59(55-69-60(64)51-48-45-42-39-36-33-30-26-23-20-17-14-11-8-5-2)57-71-74(67,68)70-56-58(54-63)72-61(65)52-49-46-43-40-37-34-31-27-24-21-18-15-12-9-6-3/h7-8,10-11,16-21,25-28,30-31,36,39,58-59,63H,4-6,9,12-15,22-24,29,32-35,37-38,40-57H2,1-3H3,(H,67,68)/b10-7-,11-8-,19-16-,20-17-,21-18-,28-25-,30-26-,31-27-,39-36-. The van der Waals surface area contributed by atoms with E-state index in [0.717, 1.165) is 148 Å². The van der Waals surface area contributed by atoms with Gasteiger partial charge in [-0.05, 0) is 122 Å². The van der Waals surface area contributed by atoms with Crippen molar-refractivity contribution in [2.75, 3.05) is 26.4 Å². The van der Waals surface area contributed by atoms with Gasteiger partial charge in [-0.1, -0.05) is 194 Å². The van der Waals surface area contributed by atoms with Crippen LogP contribution in [0.15, 0.2) is 109 Å². The third kappa shape index (κ3) is 53.0. The van der Waals surface area contributed by atoms with Crippen LogP contribution in [0.2, 0.25) is 0 Å². The Hall–Kier alpha value is -3.86. The van der Waals surface area contributed by atoms with E-state index in [1.807, 2.05) is 0 Å². The quantitative estimate of drug-likeness (QED) is 0.0197. The molecule has 11 nitrogen and oxygen atoms in total. The Labute approximate surface area is 450 Å². The maximum absolute atomic E-state index is 12.9. The van der Waals surface area contributed by atoms with Crippen LogP contribution >= 0.6 is 7.82 Å². The van der Waals surface area contributed by atoms with Crippen molar-refractivity contribution in [3.05, 3.63) is 109 Å². The molecule has 0 aliphatic carbocycles. The molecule has 0 rings (SSSR count). The molecule has 0 heterocycles. The molecule has 422 valence electrons. The largest absolute Gasteiger partial charge is 0.472 e. The first-order valence-electron chi connectivity index (χ1n) is 28.8. The average molecular weight is 1060 g/mol. The number of phosphoric acid groups is 1. The fraction of sp³-hybridized carbons (Fsp3) is 0.661. The Morgan fingerprint density at radius 2 is 0.703 bits per heavy atom. The van der Waals surface area contributed by atoms with Crippen LogP contribution in [0, 0.1) is 0 Å². The third-order valence-electron chi connectivity index (χ3n) is 11.7. The molecule has 74 heavy (non-hydrogen) atoms. The lowest BCUT2D eigenvalue weighted by molar-refractivity contribution is -0.161. The zero-order valence-electron chi connectivity index (χ0n) is 46.5. The number of unbranched alkanes of at least 4 members (excludes halogenated alkanes) is 17. The van der Waals surface area contributed by atoms with Gasteiger partial charge in [-0.25, -0.2) is 4.57 Å². The van der Waals surface area contributed by atoms with Crippen LogP contribution in [0.3, 0.4) is 0 Å². The van der Waals surface area contributed by atoms with E-state index in [2.05, 4.69) is 130 Å². The molecule has 0 aromatic rings. The number of carbonyl (C=O) groups excluding carboxylic acids is 3. The van der Waals surface area contributed by atoms with Crippen LogP contribution in [0.4, 0.5) is 0 Å². The summed E-state index contributed by atoms with van der Waals surface area (Å²) < 4.78 is 39.5. The van der Waals surface area contributed by atoms with Crippen LogP contribution in [0.5, 0.6) is 0 Å². The smallest absolute Gasteiger partial charge is 0.462 e. The molecule has 0 fully saturated rings. The molecule has 0 radical (unpaired) electrons. The van der Waals surface area contributed by atoms with Gasteiger partial charge in [0.2, 0.25) is 0 Å². The van der Waals surface area contributed by atoms with Gasteiger partial charge in [0.15, 0.2) is 6.10 Å². The molecule has 0 aliphatic heterocycles. The van der Waals surface area contributed by atoms with Crippen molar-refractivity contribution in [2.24, 2.45) is 0 Å². The monoisotopic (exact) mass is 1050 g/mol. The summed E-state index contributed by atoms with van der Waals surface area (Å²) >= 11 is 0. The van der Waals surface area contributed by atoms with Crippen LogP contribution in [-0.2, 0) is 42.2 Å². The molecular formula is C62H103O11P. The minimum absolute atomic E-state index is 0.141. The second kappa shape index (κ2) is 55.4. The van der Waals surface area contributed by atoms with Crippen LogP contribution in [0.25, 0.3) is 0 Å². The van der Waals surface area contributed by atoms with Gasteiger partial charge in [-0.15, -0.1) is 0 Å². The molecule has 0 bridgehead atoms. The van der Waals surface area contributed by atoms with E-state index in [-0.39, 0.29) is 25.9 Å². The van der Waals surface area contributed by atoms with Gasteiger partial charge < -0.3 is 24.2 Å². The Morgan fingerprint density at radius 3 is 1.11 bits per heavy atom. The number of rotatable bonds is 52. The Morgan fingerprint density at radius 1 is 0.392 bits per heavy atom. The van der Waals surface area contributed by atoms with Crippen molar-refractivity contribution in [1.29, 1.82) is 0 Å². The van der Waals surface area contributed by atoms with E-state index in [9.17, 15) is 28.9 Å². The molecule has 0 saturated carbocycles. The lowest BCUT2D eigenvalue weighted by atomic mass is 10.1. The third-order valence-corrected chi connectivity index (χ3v) is 12.6. The highest BCUT2D eigenvalue weighted by Gasteiger charge is 2.28. The van der Waals surface area contributed by atoms with Crippen molar-refractivity contribution in [3.8, 4) is 0 Å². The summed E-state index contributed by atoms with van der Waals surface area (Å²) in [5.74, 6) is -1.55. The second-order valence-electron chi connectivity index (χ2n) is 18.7. The summed E-state index contributed by atoms with van der Waals surface area (Å²) in [7, 11) is -4.77. The Balaban J connectivity index is 4.82. The number of phosphoric ester groups is 1. The topological polar surface area (TPSA) is 155 Å². The number of hydrogen-bond acceptors (Lipinski definition) is 10. The number of ether oxygens (including phenoxy) is 3. The fourth-order valence-corrected chi connectivity index (χ4v) is 8.12. The SMILES string of the molecule is CC/C=C\C/C=C\C/C=C\C/C=C\CCCCC(=O)OCC(COP(=O)(O)OCC(CO)OC(=O)CCCCCCC/C=C\C/C=C\CCCCC)OC(=O)CCCCCCCCC/C=C\C/C=C\C/C=C\CC. The number of aliphatic hydroxyl groups is 1. The molecule has 0 aromatic carbocycles. The van der Waals surface area contributed by atoms with E-state index < -0.39 is 57.8 Å². The fourth-order valence-electron chi connectivity index (χ4n) is 7.33. The number of carbonyl (C=O) groups is 3. The van der Waals surface area contributed by atoms with E-state index >= 15 is 0 Å². The van der Waals surface area contributed by atoms with Crippen molar-refractivity contribution in [2.45, 2.75) is 238 Å². The zero-order chi connectivity index (χ0) is 54.1. The Bertz CT molecular complexity index is 1660. The minimum Gasteiger partial charge on any atom is -0.462 e. The molecular weight excluding hydrogens is 952 g/mol. The first-order valence-corrected chi connectivity index (χ1v) is 30.3.